The van der Waals surface area contributed by atoms with Gasteiger partial charge in [-0.15, -0.1) is 0 Å². The van der Waals surface area contributed by atoms with Gasteiger partial charge in [-0.3, -0.25) is 60.4 Å². The maximum Gasteiger partial charge on any atom is 0.472 e. The van der Waals surface area contributed by atoms with Crippen LogP contribution in [0.1, 0.15) is 49.9 Å². The lowest BCUT2D eigenvalue weighted by Gasteiger charge is -2.24. The van der Waals surface area contributed by atoms with Gasteiger partial charge in [0.15, 0.2) is 29.1 Å². The van der Waals surface area contributed by atoms with Gasteiger partial charge < -0.3 is 85.9 Å². The van der Waals surface area contributed by atoms with Crippen LogP contribution in [0.4, 0.5) is 29.1 Å². The fourth-order valence-corrected chi connectivity index (χ4v) is 11.8. The number of phosphoric acid groups is 4. The molecular weight excluding hydrogens is 1210 g/mol. The second kappa shape index (κ2) is 24.3. The highest BCUT2D eigenvalue weighted by molar-refractivity contribution is 7.47. The summed E-state index contributed by atoms with van der Waals surface area (Å²) < 4.78 is 104. The fourth-order valence-electron chi connectivity index (χ4n) is 9.10. The molecule has 456 valence electrons. The molecule has 0 aromatic carbocycles. The number of nitrogens with two attached hydrogens (primary N) is 3. The van der Waals surface area contributed by atoms with Crippen LogP contribution in [-0.4, -0.2) is 170 Å². The molecular formula is C38H53N15O26P4. The molecule has 41 nitrogen and oxygen atoms in total. The number of nitrogens with zero attached hydrogens (tertiary/aromatic N) is 9. The Morgan fingerprint density at radius 2 is 1.28 bits per heavy atom. The summed E-state index contributed by atoms with van der Waals surface area (Å²) in [5, 5.41) is 23.7. The number of nitrogens with one attached hydrogen (secondary N) is 3. The van der Waals surface area contributed by atoms with Crippen LogP contribution in [0.2, 0.25) is 0 Å². The molecule has 0 spiro atoms. The van der Waals surface area contributed by atoms with Crippen LogP contribution < -0.4 is 49.9 Å². The number of aliphatic hydroxyl groups excluding tert-OH is 2. The fraction of sp³-hybridized carbons (Fsp3) is 0.553. The molecule has 14 atom stereocenters. The van der Waals surface area contributed by atoms with E-state index in [-0.39, 0.29) is 66.7 Å². The Kier molecular flexibility index (Phi) is 18.1. The van der Waals surface area contributed by atoms with Gasteiger partial charge in [0.25, 0.3) is 11.1 Å². The molecule has 83 heavy (non-hydrogen) atoms. The van der Waals surface area contributed by atoms with E-state index in [1.165, 1.54) is 47.5 Å². The molecule has 0 saturated carbocycles. The average Bonchev–Trinajstić information content (AvgIpc) is 3.24. The number of H-pyrrole nitrogens is 2. The van der Waals surface area contributed by atoms with E-state index in [1.807, 2.05) is 0 Å². The molecule has 5 aromatic rings. The molecule has 0 bridgehead atoms. The molecule has 0 radical (unpaired) electrons. The van der Waals surface area contributed by atoms with Crippen molar-refractivity contribution < 1.29 is 104 Å². The second-order valence-electron chi connectivity index (χ2n) is 18.7. The summed E-state index contributed by atoms with van der Waals surface area (Å²) in [6.45, 7) is -0.481. The lowest BCUT2D eigenvalue weighted by Crippen LogP contribution is -2.35. The molecule has 0 aliphatic carbocycles. The molecule has 5 aromatic heterocycles. The van der Waals surface area contributed by atoms with Gasteiger partial charge in [-0.2, -0.15) is 9.97 Å². The van der Waals surface area contributed by atoms with Crippen molar-refractivity contribution in [3.63, 3.8) is 0 Å². The van der Waals surface area contributed by atoms with E-state index in [0.29, 0.717) is 11.5 Å². The first kappa shape index (κ1) is 61.7. The molecule has 0 amide bonds. The number of hydrogen-bond donors (Lipinski definition) is 14. The number of phosphoric ester groups is 4. The maximum absolute atomic E-state index is 12.9. The minimum Gasteiger partial charge on any atom is -0.390 e. The molecule has 5 aliphatic rings. The second-order valence-corrected chi connectivity index (χ2v) is 23.9. The minimum absolute atomic E-state index is 0.000170. The molecule has 4 saturated heterocycles. The molecule has 5 aliphatic heterocycles. The van der Waals surface area contributed by atoms with Gasteiger partial charge in [-0.05, 0) is 13.0 Å². The number of ether oxygens (including phenoxy) is 4. The van der Waals surface area contributed by atoms with E-state index in [4.69, 9.17) is 64.0 Å². The molecule has 10 heterocycles. The number of hydrogen-bond acceptors (Lipinski definition) is 30. The Morgan fingerprint density at radius 1 is 0.675 bits per heavy atom. The third-order valence-corrected chi connectivity index (χ3v) is 15.9. The van der Waals surface area contributed by atoms with Crippen molar-refractivity contribution in [1.82, 2.24) is 48.6 Å². The summed E-state index contributed by atoms with van der Waals surface area (Å²) in [6.07, 6.45) is -10.3. The average molecular weight is 1260 g/mol. The summed E-state index contributed by atoms with van der Waals surface area (Å²) in [6, 6.07) is 1.36. The molecule has 45 heteroatoms. The van der Waals surface area contributed by atoms with Crippen molar-refractivity contribution in [2.75, 3.05) is 53.9 Å². The Hall–Kier alpha value is -5.81. The van der Waals surface area contributed by atoms with Gasteiger partial charge in [0, 0.05) is 43.6 Å². The van der Waals surface area contributed by atoms with Crippen molar-refractivity contribution in [1.29, 1.82) is 0 Å². The number of nitrogen functional groups attached to an aromatic ring is 3. The van der Waals surface area contributed by atoms with Crippen LogP contribution in [-0.2, 0) is 64.4 Å². The standard InChI is InChI=1S/C20H27N7O14P2.C18H26N8O12P2/c1-8-4-26(20(31)25-17(8)29)13-2-9(28)11(39-13)5-38-43(35,36)41-10-3-14(40-12(10)6-37-42(32,33)34)27-7-22-15-16(27)23-19(21)24-18(15)30;19-11-1-2-25(18(28)24-11)12-3-8(27)10(35-12)5-34-40(32,33)37-9-4-13(36-17(9)38-39(29,30)31)26-7-23-14-15(20)21-6-22-16(14)26/h4,7,9-14,28H,2-3,5-6H2,1H3,(H,35,36)(H,25,29,31)(H2,32,33,34)(H3,21,23,24,30);1-2,6,8-10,12-13,17,23,27H,3-5,7H2,(H,32,33)(H2,19,24,28)(H2,20,21,22)(H2,29,30,31)/t9-,10-,11+,12+,13+,14+;8-,9-,10+,12+,13+,17+/m00/s1. The van der Waals surface area contributed by atoms with Crippen molar-refractivity contribution in [3.8, 4) is 0 Å². The Morgan fingerprint density at radius 3 is 1.92 bits per heavy atom. The quantitative estimate of drug-likeness (QED) is 0.0357. The van der Waals surface area contributed by atoms with Crippen LogP contribution in [0.15, 0.2) is 50.3 Å². The molecule has 10 rings (SSSR count). The third kappa shape index (κ3) is 14.8. The number of rotatable bonds is 19. The Labute approximate surface area is 461 Å². The van der Waals surface area contributed by atoms with E-state index in [1.54, 1.807) is 0 Å². The van der Waals surface area contributed by atoms with Crippen molar-refractivity contribution in [2.45, 2.75) is 107 Å². The van der Waals surface area contributed by atoms with Gasteiger partial charge in [-0.1, -0.05) is 0 Å². The van der Waals surface area contributed by atoms with E-state index in [2.05, 4.69) is 49.3 Å². The lowest BCUT2D eigenvalue weighted by atomic mass is 10.2. The highest BCUT2D eigenvalue weighted by Crippen LogP contribution is 2.52. The predicted molar refractivity (Wildman–Crippen MR) is 272 cm³/mol. The Balaban J connectivity index is 0.000000200. The van der Waals surface area contributed by atoms with Gasteiger partial charge >= 0.3 is 42.7 Å². The number of aromatic nitrogens is 10. The van der Waals surface area contributed by atoms with Crippen molar-refractivity contribution in [3.05, 3.63) is 78.4 Å². The first-order chi connectivity index (χ1) is 38.9. The number of aliphatic hydroxyl groups is 2. The largest absolute Gasteiger partial charge is 0.472 e. The summed E-state index contributed by atoms with van der Waals surface area (Å²) >= 11 is 0. The zero-order valence-corrected chi connectivity index (χ0v) is 46.0. The van der Waals surface area contributed by atoms with Gasteiger partial charge in [0.05, 0.1) is 45.0 Å². The number of imidazole rings is 1. The van der Waals surface area contributed by atoms with Crippen molar-refractivity contribution in [2.24, 2.45) is 0 Å². The van der Waals surface area contributed by atoms with E-state index < -0.39 is 148 Å². The lowest BCUT2D eigenvalue weighted by molar-refractivity contribution is -0.119. The summed E-state index contributed by atoms with van der Waals surface area (Å²) in [4.78, 5) is 131. The zero-order valence-electron chi connectivity index (χ0n) is 42.4. The molecule has 2 unspecified atom stereocenters. The minimum atomic E-state index is -5.12. The monoisotopic (exact) mass is 1260 g/mol. The summed E-state index contributed by atoms with van der Waals surface area (Å²) in [5.41, 5.74) is 14.7. The van der Waals surface area contributed by atoms with Crippen LogP contribution in [0.5, 0.6) is 0 Å². The highest BCUT2D eigenvalue weighted by atomic mass is 31.2. The SMILES string of the molecule is Cc1cn([C@H]2C[C@H](O)[C@@H](COP(=O)(O)O[C@H]3C[C@H](n4cnc5c(=O)[nH]c(N)nc54)O[C@@H]3COP(=O)(O)O)O2)c(=O)[nH]c1=O.Nc1ccn([C@H]2C[C@H](O)[C@@H](COP(=O)(O)O[C@H]3C[C@H](N4CNc5c(N)ncnc54)O[C@@H]3OP(=O)(O)O)O2)c(=O)n1. The van der Waals surface area contributed by atoms with Gasteiger partial charge in [0.1, 0.15) is 73.3 Å². The molecule has 17 N–H and O–H groups in total. The number of aromatic amines is 2. The van der Waals surface area contributed by atoms with Crippen molar-refractivity contribution >= 4 is 71.5 Å². The number of anilines is 5. The van der Waals surface area contributed by atoms with E-state index >= 15 is 0 Å². The highest BCUT2D eigenvalue weighted by Gasteiger charge is 2.49. The molecule has 4 fully saturated rings. The van der Waals surface area contributed by atoms with Gasteiger partial charge in [-0.25, -0.2) is 42.8 Å². The van der Waals surface area contributed by atoms with Crippen LogP contribution in [0.25, 0.3) is 11.2 Å². The van der Waals surface area contributed by atoms with Crippen LogP contribution in [0, 0.1) is 6.92 Å². The first-order valence-electron chi connectivity index (χ1n) is 24.1. The zero-order chi connectivity index (χ0) is 60.1. The summed E-state index contributed by atoms with van der Waals surface area (Å²) in [5.74, 6) is 0.262. The van der Waals surface area contributed by atoms with E-state index in [9.17, 15) is 67.2 Å². The first-order valence-corrected chi connectivity index (χ1v) is 30.2. The Bertz CT molecular complexity index is 3650. The van der Waals surface area contributed by atoms with Crippen LogP contribution in [0.3, 0.4) is 0 Å². The topological polar surface area (TPSA) is 595 Å². The summed E-state index contributed by atoms with van der Waals surface area (Å²) in [7, 11) is -20.0. The van der Waals surface area contributed by atoms with E-state index in [0.717, 1.165) is 9.13 Å². The normalized spacial score (nSPS) is 28.6. The number of fused-ring (bicyclic) bond motifs is 2. The van der Waals surface area contributed by atoms with Crippen LogP contribution >= 0.6 is 31.3 Å². The maximum atomic E-state index is 12.9. The predicted octanol–water partition coefficient (Wildman–Crippen LogP) is -3.47. The van der Waals surface area contributed by atoms with Gasteiger partial charge in [0.2, 0.25) is 5.95 Å². The number of aryl methyl sites for hydroxylation is 1. The smallest absolute Gasteiger partial charge is 0.390 e. The third-order valence-electron chi connectivity index (χ3n) is 12.9.